The molecule has 1 aliphatic rings. The largest absolute Gasteiger partial charge is 0.481 e. The van der Waals surface area contributed by atoms with E-state index in [-0.39, 0.29) is 5.91 Å². The summed E-state index contributed by atoms with van der Waals surface area (Å²) >= 11 is 0. The lowest BCUT2D eigenvalue weighted by Crippen LogP contribution is -2.39. The number of allylic oxidation sites excluding steroid dienone is 2. The molecule has 20 heavy (non-hydrogen) atoms. The number of aliphatic carboxylic acids is 1. The molecular weight excluding hydrogens is 258 g/mol. The first-order valence-corrected chi connectivity index (χ1v) is 6.82. The summed E-state index contributed by atoms with van der Waals surface area (Å²) in [5.41, 5.74) is 0. The fourth-order valence-corrected chi connectivity index (χ4v) is 2.41. The first-order chi connectivity index (χ1) is 9.68. The number of carboxylic acid groups (broad SMARTS) is 1. The summed E-state index contributed by atoms with van der Waals surface area (Å²) in [7, 11) is 0. The van der Waals surface area contributed by atoms with E-state index in [1.165, 1.54) is 0 Å². The minimum atomic E-state index is -0.898. The minimum Gasteiger partial charge on any atom is -0.481 e. The lowest BCUT2D eigenvalue weighted by atomic mass is 9.82. The Morgan fingerprint density at radius 2 is 2.10 bits per heavy atom. The van der Waals surface area contributed by atoms with Gasteiger partial charge in [-0.1, -0.05) is 12.2 Å². The smallest absolute Gasteiger partial charge is 0.307 e. The first kappa shape index (κ1) is 14.3. The Labute approximate surface area is 117 Å². The first-order valence-electron chi connectivity index (χ1n) is 6.82. The molecule has 0 bridgehead atoms. The van der Waals surface area contributed by atoms with E-state index >= 15 is 0 Å². The van der Waals surface area contributed by atoms with Crippen molar-refractivity contribution < 1.29 is 14.7 Å². The van der Waals surface area contributed by atoms with Crippen LogP contribution in [0.5, 0.6) is 0 Å². The summed E-state index contributed by atoms with van der Waals surface area (Å²) in [6.45, 7) is 0.534. The molecule has 1 aliphatic carbocycles. The molecule has 6 nitrogen and oxygen atoms in total. The Bertz CT molecular complexity index is 482. The van der Waals surface area contributed by atoms with Crippen molar-refractivity contribution in [1.82, 2.24) is 15.3 Å². The third-order valence-corrected chi connectivity index (χ3v) is 3.53. The topological polar surface area (TPSA) is 95.1 Å². The van der Waals surface area contributed by atoms with Gasteiger partial charge in [-0.25, -0.2) is 4.98 Å². The van der Waals surface area contributed by atoms with Gasteiger partial charge in [-0.2, -0.15) is 0 Å². The quantitative estimate of drug-likeness (QED) is 0.536. The molecule has 1 amide bonds. The van der Waals surface area contributed by atoms with E-state index in [0.717, 1.165) is 18.7 Å². The maximum atomic E-state index is 12.0. The Kier molecular flexibility index (Phi) is 4.92. The van der Waals surface area contributed by atoms with Crippen molar-refractivity contribution >= 4 is 11.9 Å². The summed E-state index contributed by atoms with van der Waals surface area (Å²) in [4.78, 5) is 30.3. The molecule has 0 fully saturated rings. The number of imidazole rings is 1. The molecule has 1 heterocycles. The molecule has 1 aromatic rings. The Hall–Kier alpha value is -2.11. The second-order valence-electron chi connectivity index (χ2n) is 4.92. The van der Waals surface area contributed by atoms with Gasteiger partial charge in [-0.15, -0.1) is 0 Å². The van der Waals surface area contributed by atoms with E-state index < -0.39 is 17.8 Å². The molecule has 0 saturated carbocycles. The highest BCUT2D eigenvalue weighted by Gasteiger charge is 2.33. The van der Waals surface area contributed by atoms with Crippen LogP contribution in [0.3, 0.4) is 0 Å². The monoisotopic (exact) mass is 277 g/mol. The average molecular weight is 277 g/mol. The Balaban J connectivity index is 1.76. The van der Waals surface area contributed by atoms with Crippen molar-refractivity contribution in [3.05, 3.63) is 30.4 Å². The molecule has 108 valence electrons. The number of H-pyrrole nitrogens is 1. The molecule has 0 spiro atoms. The number of nitrogens with zero attached hydrogens (tertiary/aromatic N) is 1. The fraction of sp³-hybridized carbons (Fsp3) is 0.500. The Morgan fingerprint density at radius 3 is 2.75 bits per heavy atom. The van der Waals surface area contributed by atoms with Crippen LogP contribution in [0.15, 0.2) is 24.5 Å². The second kappa shape index (κ2) is 6.88. The third kappa shape index (κ3) is 3.69. The van der Waals surface area contributed by atoms with Crippen LogP contribution in [-0.4, -0.2) is 33.5 Å². The Morgan fingerprint density at radius 1 is 1.35 bits per heavy atom. The number of aromatic amines is 1. The van der Waals surface area contributed by atoms with Crippen molar-refractivity contribution in [1.29, 1.82) is 0 Å². The number of carbonyl (C=O) groups excluding carboxylic acids is 1. The van der Waals surface area contributed by atoms with Crippen molar-refractivity contribution in [2.75, 3.05) is 6.54 Å². The molecule has 2 rings (SSSR count). The predicted molar refractivity (Wildman–Crippen MR) is 72.9 cm³/mol. The number of aromatic nitrogens is 2. The van der Waals surface area contributed by atoms with Gasteiger partial charge in [0.05, 0.1) is 11.8 Å². The number of amides is 1. The number of aryl methyl sites for hydroxylation is 1. The number of hydrogen-bond donors (Lipinski definition) is 3. The van der Waals surface area contributed by atoms with Crippen molar-refractivity contribution in [2.45, 2.75) is 25.7 Å². The normalized spacial score (nSPS) is 21.6. The number of rotatable bonds is 6. The second-order valence-corrected chi connectivity index (χ2v) is 4.92. The molecule has 6 heteroatoms. The predicted octanol–water partition coefficient (Wildman–Crippen LogP) is 1.13. The lowest BCUT2D eigenvalue weighted by Gasteiger charge is -2.24. The zero-order valence-corrected chi connectivity index (χ0v) is 11.2. The van der Waals surface area contributed by atoms with Crippen molar-refractivity contribution in [3.8, 4) is 0 Å². The van der Waals surface area contributed by atoms with Crippen LogP contribution in [0.2, 0.25) is 0 Å². The third-order valence-electron chi connectivity index (χ3n) is 3.53. The van der Waals surface area contributed by atoms with Gasteiger partial charge < -0.3 is 15.4 Å². The molecule has 2 atom stereocenters. The van der Waals surface area contributed by atoms with Gasteiger partial charge in [0, 0.05) is 25.4 Å². The van der Waals surface area contributed by atoms with Gasteiger partial charge in [0.1, 0.15) is 5.82 Å². The van der Waals surface area contributed by atoms with Gasteiger partial charge in [-0.3, -0.25) is 9.59 Å². The highest BCUT2D eigenvalue weighted by atomic mass is 16.4. The van der Waals surface area contributed by atoms with Gasteiger partial charge in [0.15, 0.2) is 0 Å². The van der Waals surface area contributed by atoms with E-state index in [1.54, 1.807) is 12.4 Å². The maximum absolute atomic E-state index is 12.0. The van der Waals surface area contributed by atoms with Crippen LogP contribution < -0.4 is 5.32 Å². The standard InChI is InChI=1S/C14H19N3O3/c18-13(10-4-1-2-5-11(10)14(19)20)17-7-3-6-12-15-8-9-16-12/h1-2,8-11H,3-7H2,(H,15,16)(H,17,18)(H,19,20). The fourth-order valence-electron chi connectivity index (χ4n) is 2.41. The summed E-state index contributed by atoms with van der Waals surface area (Å²) < 4.78 is 0. The van der Waals surface area contributed by atoms with Crippen LogP contribution in [-0.2, 0) is 16.0 Å². The molecule has 0 aromatic carbocycles. The summed E-state index contributed by atoms with van der Waals surface area (Å²) in [5.74, 6) is -1.24. The maximum Gasteiger partial charge on any atom is 0.307 e. The molecule has 3 N–H and O–H groups in total. The van der Waals surface area contributed by atoms with Crippen LogP contribution in [0.25, 0.3) is 0 Å². The molecule has 0 radical (unpaired) electrons. The number of carbonyl (C=O) groups is 2. The summed E-state index contributed by atoms with van der Waals surface area (Å²) in [5, 5.41) is 11.9. The minimum absolute atomic E-state index is 0.166. The molecular formula is C14H19N3O3. The van der Waals surface area contributed by atoms with Crippen LogP contribution >= 0.6 is 0 Å². The van der Waals surface area contributed by atoms with E-state index in [4.69, 9.17) is 5.11 Å². The van der Waals surface area contributed by atoms with E-state index in [0.29, 0.717) is 19.4 Å². The van der Waals surface area contributed by atoms with Crippen LogP contribution in [0.1, 0.15) is 25.1 Å². The molecule has 1 aromatic heterocycles. The van der Waals surface area contributed by atoms with Gasteiger partial charge in [0.2, 0.25) is 5.91 Å². The highest BCUT2D eigenvalue weighted by molar-refractivity contribution is 5.85. The van der Waals surface area contributed by atoms with E-state index in [1.807, 2.05) is 12.2 Å². The van der Waals surface area contributed by atoms with Crippen molar-refractivity contribution in [2.24, 2.45) is 11.8 Å². The number of hydrogen-bond acceptors (Lipinski definition) is 3. The molecule has 0 saturated heterocycles. The zero-order valence-electron chi connectivity index (χ0n) is 11.2. The summed E-state index contributed by atoms with van der Waals surface area (Å²) in [6.07, 6.45) is 9.64. The van der Waals surface area contributed by atoms with E-state index in [9.17, 15) is 9.59 Å². The zero-order chi connectivity index (χ0) is 14.4. The summed E-state index contributed by atoms with van der Waals surface area (Å²) in [6, 6.07) is 0. The van der Waals surface area contributed by atoms with Gasteiger partial charge >= 0.3 is 5.97 Å². The number of nitrogens with one attached hydrogen (secondary N) is 2. The highest BCUT2D eigenvalue weighted by Crippen LogP contribution is 2.25. The number of carboxylic acids is 1. The average Bonchev–Trinajstić information content (AvgIpc) is 2.96. The lowest BCUT2D eigenvalue weighted by molar-refractivity contribution is -0.147. The van der Waals surface area contributed by atoms with Gasteiger partial charge in [-0.05, 0) is 19.3 Å². The van der Waals surface area contributed by atoms with Crippen molar-refractivity contribution in [3.63, 3.8) is 0 Å². The van der Waals surface area contributed by atoms with E-state index in [2.05, 4.69) is 15.3 Å². The van der Waals surface area contributed by atoms with Crippen LogP contribution in [0, 0.1) is 11.8 Å². The molecule has 2 unspecified atom stereocenters. The van der Waals surface area contributed by atoms with Crippen LogP contribution in [0.4, 0.5) is 0 Å². The van der Waals surface area contributed by atoms with Gasteiger partial charge in [0.25, 0.3) is 0 Å². The molecule has 0 aliphatic heterocycles. The SMILES string of the molecule is O=C(O)C1CC=CCC1C(=O)NCCCc1ncc[nH]1.